The highest BCUT2D eigenvalue weighted by atomic mass is 32.2. The van der Waals surface area contributed by atoms with Gasteiger partial charge in [0, 0.05) is 17.9 Å². The minimum atomic E-state index is -0.189. The highest BCUT2D eigenvalue weighted by Crippen LogP contribution is 2.34. The Bertz CT molecular complexity index is 756. The molecule has 2 heterocycles. The second-order valence-electron chi connectivity index (χ2n) is 5.79. The first-order valence-electron chi connectivity index (χ1n) is 7.92. The highest BCUT2D eigenvalue weighted by Gasteiger charge is 2.25. The van der Waals surface area contributed by atoms with E-state index in [-0.39, 0.29) is 24.3 Å². The Morgan fingerprint density at radius 3 is 2.88 bits per heavy atom. The van der Waals surface area contributed by atoms with Gasteiger partial charge in [-0.05, 0) is 38.1 Å². The van der Waals surface area contributed by atoms with Gasteiger partial charge in [-0.1, -0.05) is 12.1 Å². The Kier molecular flexibility index (Phi) is 4.94. The fourth-order valence-electron chi connectivity index (χ4n) is 2.68. The molecule has 2 amide bonds. The summed E-state index contributed by atoms with van der Waals surface area (Å²) in [6, 6.07) is 11.3. The van der Waals surface area contributed by atoms with Gasteiger partial charge in [-0.2, -0.15) is 0 Å². The molecule has 1 aliphatic heterocycles. The quantitative estimate of drug-likeness (QED) is 0.904. The number of nitrogens with one attached hydrogen (secondary N) is 1. The minimum absolute atomic E-state index is 0.0428. The first kappa shape index (κ1) is 16.6. The summed E-state index contributed by atoms with van der Waals surface area (Å²) in [5.74, 6) is 1.91. The molecule has 1 atom stereocenters. The van der Waals surface area contributed by atoms with E-state index in [1.165, 1.54) is 0 Å². The van der Waals surface area contributed by atoms with Gasteiger partial charge < -0.3 is 14.6 Å². The van der Waals surface area contributed by atoms with Crippen molar-refractivity contribution in [3.8, 4) is 0 Å². The molecule has 1 N–H and O–H groups in total. The monoisotopic (exact) mass is 344 g/mol. The van der Waals surface area contributed by atoms with Crippen molar-refractivity contribution >= 4 is 29.3 Å². The number of hydrogen-bond acceptors (Lipinski definition) is 4. The van der Waals surface area contributed by atoms with E-state index < -0.39 is 0 Å². The number of anilines is 1. The Morgan fingerprint density at radius 2 is 2.12 bits per heavy atom. The summed E-state index contributed by atoms with van der Waals surface area (Å²) in [6.45, 7) is 4.13. The number of amides is 2. The van der Waals surface area contributed by atoms with Gasteiger partial charge in [-0.3, -0.25) is 9.59 Å². The van der Waals surface area contributed by atoms with Crippen molar-refractivity contribution in [3.05, 3.63) is 47.9 Å². The Hall–Kier alpha value is -2.21. The topological polar surface area (TPSA) is 62.6 Å². The van der Waals surface area contributed by atoms with Crippen LogP contribution >= 0.6 is 11.8 Å². The highest BCUT2D eigenvalue weighted by molar-refractivity contribution is 8.00. The SMILES string of the molecule is Cc1ccc(C(C)NC(=O)CCN2C(=O)CSc3ccccc32)o1. The molecule has 0 radical (unpaired) electrons. The number of rotatable bonds is 5. The van der Waals surface area contributed by atoms with E-state index in [9.17, 15) is 9.59 Å². The zero-order valence-electron chi connectivity index (χ0n) is 13.7. The second kappa shape index (κ2) is 7.13. The Balaban J connectivity index is 1.59. The van der Waals surface area contributed by atoms with E-state index in [2.05, 4.69) is 5.32 Å². The smallest absolute Gasteiger partial charge is 0.237 e. The first-order chi connectivity index (χ1) is 11.5. The standard InChI is InChI=1S/C18H20N2O3S/c1-12-7-8-15(23-12)13(2)19-17(21)9-10-20-14-5-3-4-6-16(14)24-11-18(20)22/h3-8,13H,9-11H2,1-2H3,(H,19,21). The number of hydrogen-bond donors (Lipinski definition) is 1. The molecule has 1 aromatic heterocycles. The molecule has 1 unspecified atom stereocenters. The third kappa shape index (κ3) is 3.64. The van der Waals surface area contributed by atoms with Crippen LogP contribution in [0.4, 0.5) is 5.69 Å². The summed E-state index contributed by atoms with van der Waals surface area (Å²) in [6.07, 6.45) is 0.259. The van der Waals surface area contributed by atoms with Crippen molar-refractivity contribution in [2.45, 2.75) is 31.2 Å². The lowest BCUT2D eigenvalue weighted by molar-refractivity contribution is -0.121. The van der Waals surface area contributed by atoms with Crippen molar-refractivity contribution in [1.82, 2.24) is 5.32 Å². The molecule has 1 aromatic carbocycles. The summed E-state index contributed by atoms with van der Waals surface area (Å²) < 4.78 is 5.52. The number of nitrogens with zero attached hydrogens (tertiary/aromatic N) is 1. The summed E-state index contributed by atoms with van der Waals surface area (Å²) in [7, 11) is 0. The number of aryl methyl sites for hydroxylation is 1. The lowest BCUT2D eigenvalue weighted by Gasteiger charge is -2.28. The maximum Gasteiger partial charge on any atom is 0.237 e. The van der Waals surface area contributed by atoms with Gasteiger partial charge in [0.1, 0.15) is 11.5 Å². The largest absolute Gasteiger partial charge is 0.464 e. The summed E-state index contributed by atoms with van der Waals surface area (Å²) in [4.78, 5) is 27.2. The van der Waals surface area contributed by atoms with E-state index in [0.29, 0.717) is 12.3 Å². The fourth-order valence-corrected chi connectivity index (χ4v) is 3.62. The van der Waals surface area contributed by atoms with Crippen molar-refractivity contribution in [2.24, 2.45) is 0 Å². The lowest BCUT2D eigenvalue weighted by Crippen LogP contribution is -2.38. The zero-order chi connectivity index (χ0) is 17.1. The average molecular weight is 344 g/mol. The molecule has 1 aliphatic rings. The van der Waals surface area contributed by atoms with Crippen molar-refractivity contribution < 1.29 is 14.0 Å². The molecule has 0 bridgehead atoms. The maximum absolute atomic E-state index is 12.2. The normalized spacial score (nSPS) is 15.1. The fraction of sp³-hybridized carbons (Fsp3) is 0.333. The van der Waals surface area contributed by atoms with Crippen LogP contribution in [0.1, 0.15) is 30.9 Å². The van der Waals surface area contributed by atoms with Crippen molar-refractivity contribution in [1.29, 1.82) is 0 Å². The van der Waals surface area contributed by atoms with Crippen LogP contribution in [0.25, 0.3) is 0 Å². The van der Waals surface area contributed by atoms with Gasteiger partial charge in [0.05, 0.1) is 17.5 Å². The van der Waals surface area contributed by atoms with E-state index >= 15 is 0 Å². The van der Waals surface area contributed by atoms with Crippen molar-refractivity contribution in [3.63, 3.8) is 0 Å². The van der Waals surface area contributed by atoms with Gasteiger partial charge in [0.15, 0.2) is 0 Å². The molecule has 5 nitrogen and oxygen atoms in total. The van der Waals surface area contributed by atoms with Crippen LogP contribution in [0.2, 0.25) is 0 Å². The number of benzene rings is 1. The number of furan rings is 1. The summed E-state index contributed by atoms with van der Waals surface area (Å²) >= 11 is 1.54. The zero-order valence-corrected chi connectivity index (χ0v) is 14.6. The van der Waals surface area contributed by atoms with E-state index in [1.54, 1.807) is 16.7 Å². The third-order valence-electron chi connectivity index (χ3n) is 3.94. The Labute approximate surface area is 145 Å². The molecule has 24 heavy (non-hydrogen) atoms. The van der Waals surface area contributed by atoms with Gasteiger partial charge in [0.2, 0.25) is 11.8 Å². The predicted molar refractivity (Wildman–Crippen MR) is 94.1 cm³/mol. The van der Waals surface area contributed by atoms with E-state index in [1.807, 2.05) is 50.2 Å². The molecule has 0 saturated heterocycles. The van der Waals surface area contributed by atoms with Crippen LogP contribution in [-0.2, 0) is 9.59 Å². The van der Waals surface area contributed by atoms with Crippen LogP contribution in [0.5, 0.6) is 0 Å². The molecule has 2 aromatic rings. The van der Waals surface area contributed by atoms with Crippen LogP contribution in [0.3, 0.4) is 0 Å². The van der Waals surface area contributed by atoms with Gasteiger partial charge in [-0.15, -0.1) is 11.8 Å². The number of carbonyl (C=O) groups excluding carboxylic acids is 2. The van der Waals surface area contributed by atoms with Gasteiger partial charge >= 0.3 is 0 Å². The molecule has 0 aliphatic carbocycles. The molecule has 0 fully saturated rings. The van der Waals surface area contributed by atoms with Crippen LogP contribution < -0.4 is 10.2 Å². The molecular formula is C18H20N2O3S. The van der Waals surface area contributed by atoms with Crippen LogP contribution in [-0.4, -0.2) is 24.1 Å². The number of carbonyl (C=O) groups is 2. The number of fused-ring (bicyclic) bond motifs is 1. The van der Waals surface area contributed by atoms with Crippen LogP contribution in [0.15, 0.2) is 45.7 Å². The molecule has 3 rings (SSSR count). The lowest BCUT2D eigenvalue weighted by atomic mass is 10.2. The van der Waals surface area contributed by atoms with Crippen LogP contribution in [0, 0.1) is 6.92 Å². The second-order valence-corrected chi connectivity index (χ2v) is 6.81. The first-order valence-corrected chi connectivity index (χ1v) is 8.91. The minimum Gasteiger partial charge on any atom is -0.464 e. The van der Waals surface area contributed by atoms with E-state index in [0.717, 1.165) is 22.1 Å². The molecule has 6 heteroatoms. The maximum atomic E-state index is 12.2. The van der Waals surface area contributed by atoms with Crippen molar-refractivity contribution in [2.75, 3.05) is 17.2 Å². The average Bonchev–Trinajstić information content (AvgIpc) is 3.00. The van der Waals surface area contributed by atoms with Gasteiger partial charge in [0.25, 0.3) is 0 Å². The molecule has 126 valence electrons. The number of para-hydroxylation sites is 1. The molecule has 0 saturated carbocycles. The Morgan fingerprint density at radius 1 is 1.33 bits per heavy atom. The number of thioether (sulfide) groups is 1. The molecule has 0 spiro atoms. The molecular weight excluding hydrogens is 324 g/mol. The summed E-state index contributed by atoms with van der Waals surface area (Å²) in [5.41, 5.74) is 0.890. The van der Waals surface area contributed by atoms with Gasteiger partial charge in [-0.25, -0.2) is 0 Å². The van der Waals surface area contributed by atoms with E-state index in [4.69, 9.17) is 4.42 Å². The summed E-state index contributed by atoms with van der Waals surface area (Å²) in [5, 5.41) is 2.91. The third-order valence-corrected chi connectivity index (χ3v) is 4.98. The predicted octanol–water partition coefficient (Wildman–Crippen LogP) is 3.29.